The molecule has 1 aromatic rings. The largest absolute Gasteiger partial charge is 0.478 e. The van der Waals surface area contributed by atoms with Gasteiger partial charge in [-0.3, -0.25) is 9.59 Å². The Morgan fingerprint density at radius 1 is 1.25 bits per heavy atom. The minimum atomic E-state index is -1.07. The Bertz CT molecular complexity index is 498. The van der Waals surface area contributed by atoms with Gasteiger partial charge in [-0.05, 0) is 18.6 Å². The number of rotatable bonds is 7. The standard InChI is InChI=1S/C14H17NO5/c1-2-20-13(17)7-8-15-12(16)9-10-5-3-4-6-11(10)14(18)19/h3-6H,2,7-9H2,1H3,(H,15,16)(H,18,19). The van der Waals surface area contributed by atoms with Crippen LogP contribution in [-0.2, 0) is 20.7 Å². The Balaban J connectivity index is 2.47. The maximum absolute atomic E-state index is 11.7. The summed E-state index contributed by atoms with van der Waals surface area (Å²) in [6.07, 6.45) is 0.0610. The average molecular weight is 279 g/mol. The molecule has 0 unspecified atom stereocenters. The van der Waals surface area contributed by atoms with E-state index in [1.54, 1.807) is 25.1 Å². The third kappa shape index (κ3) is 5.09. The van der Waals surface area contributed by atoms with Gasteiger partial charge in [0.1, 0.15) is 0 Å². The van der Waals surface area contributed by atoms with Crippen LogP contribution in [0.15, 0.2) is 24.3 Å². The van der Waals surface area contributed by atoms with E-state index in [2.05, 4.69) is 5.32 Å². The maximum atomic E-state index is 11.7. The molecule has 0 saturated carbocycles. The summed E-state index contributed by atoms with van der Waals surface area (Å²) in [6.45, 7) is 2.19. The summed E-state index contributed by atoms with van der Waals surface area (Å²) in [5, 5.41) is 11.5. The maximum Gasteiger partial charge on any atom is 0.335 e. The van der Waals surface area contributed by atoms with Crippen molar-refractivity contribution in [1.82, 2.24) is 5.32 Å². The highest BCUT2D eigenvalue weighted by Crippen LogP contribution is 2.09. The predicted octanol–water partition coefficient (Wildman–Crippen LogP) is 0.997. The van der Waals surface area contributed by atoms with Crippen LogP contribution in [0.25, 0.3) is 0 Å². The lowest BCUT2D eigenvalue weighted by Gasteiger charge is -2.07. The first-order valence-electron chi connectivity index (χ1n) is 6.28. The van der Waals surface area contributed by atoms with Gasteiger partial charge in [0.05, 0.1) is 25.0 Å². The topological polar surface area (TPSA) is 92.7 Å². The lowest BCUT2D eigenvalue weighted by atomic mass is 10.0. The number of hydrogen-bond acceptors (Lipinski definition) is 4. The van der Waals surface area contributed by atoms with Crippen LogP contribution in [0, 0.1) is 0 Å². The average Bonchev–Trinajstić information content (AvgIpc) is 2.39. The van der Waals surface area contributed by atoms with E-state index in [1.165, 1.54) is 6.07 Å². The molecule has 1 aromatic carbocycles. The first-order chi connectivity index (χ1) is 9.54. The van der Waals surface area contributed by atoms with E-state index in [9.17, 15) is 14.4 Å². The van der Waals surface area contributed by atoms with Crippen molar-refractivity contribution < 1.29 is 24.2 Å². The molecule has 1 amide bonds. The van der Waals surface area contributed by atoms with Crippen molar-refractivity contribution in [2.45, 2.75) is 19.8 Å². The first-order valence-corrected chi connectivity index (χ1v) is 6.28. The Morgan fingerprint density at radius 2 is 1.95 bits per heavy atom. The highest BCUT2D eigenvalue weighted by Gasteiger charge is 2.12. The van der Waals surface area contributed by atoms with E-state index in [-0.39, 0.29) is 36.8 Å². The Labute approximate surface area is 116 Å². The number of carbonyl (C=O) groups is 3. The van der Waals surface area contributed by atoms with Gasteiger partial charge in [-0.15, -0.1) is 0 Å². The summed E-state index contributed by atoms with van der Waals surface area (Å²) in [5.41, 5.74) is 0.543. The quantitative estimate of drug-likeness (QED) is 0.726. The fourth-order valence-corrected chi connectivity index (χ4v) is 1.66. The van der Waals surface area contributed by atoms with Gasteiger partial charge in [0.15, 0.2) is 0 Å². The molecular weight excluding hydrogens is 262 g/mol. The lowest BCUT2D eigenvalue weighted by Crippen LogP contribution is -2.28. The smallest absolute Gasteiger partial charge is 0.335 e. The number of carbonyl (C=O) groups excluding carboxylic acids is 2. The zero-order valence-electron chi connectivity index (χ0n) is 11.2. The van der Waals surface area contributed by atoms with Gasteiger partial charge in [-0.2, -0.15) is 0 Å². The van der Waals surface area contributed by atoms with Crippen LogP contribution >= 0.6 is 0 Å². The Morgan fingerprint density at radius 3 is 2.60 bits per heavy atom. The number of aromatic carboxylic acids is 1. The second kappa shape index (κ2) is 7.93. The van der Waals surface area contributed by atoms with Gasteiger partial charge in [0.25, 0.3) is 0 Å². The molecular formula is C14H17NO5. The van der Waals surface area contributed by atoms with Gasteiger partial charge in [0, 0.05) is 6.54 Å². The van der Waals surface area contributed by atoms with Crippen LogP contribution in [-0.4, -0.2) is 36.1 Å². The van der Waals surface area contributed by atoms with Crippen molar-refractivity contribution in [3.05, 3.63) is 35.4 Å². The molecule has 0 aliphatic carbocycles. The molecule has 108 valence electrons. The van der Waals surface area contributed by atoms with Crippen LogP contribution in [0.4, 0.5) is 0 Å². The predicted molar refractivity (Wildman–Crippen MR) is 71.4 cm³/mol. The normalized spacial score (nSPS) is 9.85. The van der Waals surface area contributed by atoms with Crippen molar-refractivity contribution in [1.29, 1.82) is 0 Å². The van der Waals surface area contributed by atoms with Crippen LogP contribution in [0.2, 0.25) is 0 Å². The third-order valence-electron chi connectivity index (χ3n) is 2.56. The molecule has 0 spiro atoms. The molecule has 2 N–H and O–H groups in total. The minimum Gasteiger partial charge on any atom is -0.478 e. The van der Waals surface area contributed by atoms with Crippen LogP contribution < -0.4 is 5.32 Å². The molecule has 6 heteroatoms. The Kier molecular flexibility index (Phi) is 6.22. The number of hydrogen-bond donors (Lipinski definition) is 2. The van der Waals surface area contributed by atoms with E-state index in [0.29, 0.717) is 12.2 Å². The van der Waals surface area contributed by atoms with E-state index in [0.717, 1.165) is 0 Å². The van der Waals surface area contributed by atoms with Crippen molar-refractivity contribution in [3.63, 3.8) is 0 Å². The van der Waals surface area contributed by atoms with E-state index in [1.807, 2.05) is 0 Å². The first kappa shape index (κ1) is 15.7. The van der Waals surface area contributed by atoms with Crippen molar-refractivity contribution in [2.75, 3.05) is 13.2 Å². The molecule has 0 atom stereocenters. The highest BCUT2D eigenvalue weighted by molar-refractivity contribution is 5.91. The van der Waals surface area contributed by atoms with E-state index < -0.39 is 5.97 Å². The summed E-state index contributed by atoms with van der Waals surface area (Å²) < 4.78 is 4.72. The number of amides is 1. The molecule has 0 saturated heterocycles. The number of ether oxygens (including phenoxy) is 1. The summed E-state index contributed by atoms with van der Waals surface area (Å²) >= 11 is 0. The van der Waals surface area contributed by atoms with Crippen LogP contribution in [0.1, 0.15) is 29.3 Å². The number of benzene rings is 1. The summed E-state index contributed by atoms with van der Waals surface area (Å²) in [4.78, 5) is 33.7. The molecule has 20 heavy (non-hydrogen) atoms. The fourth-order valence-electron chi connectivity index (χ4n) is 1.66. The van der Waals surface area contributed by atoms with Crippen LogP contribution in [0.3, 0.4) is 0 Å². The van der Waals surface area contributed by atoms with Gasteiger partial charge in [-0.1, -0.05) is 18.2 Å². The summed E-state index contributed by atoms with van der Waals surface area (Å²) in [5.74, 6) is -1.78. The van der Waals surface area contributed by atoms with Gasteiger partial charge in [-0.25, -0.2) is 4.79 Å². The minimum absolute atomic E-state index is 0.0364. The van der Waals surface area contributed by atoms with Gasteiger partial charge >= 0.3 is 11.9 Å². The van der Waals surface area contributed by atoms with Gasteiger partial charge in [0.2, 0.25) is 5.91 Å². The van der Waals surface area contributed by atoms with Crippen molar-refractivity contribution in [3.8, 4) is 0 Å². The van der Waals surface area contributed by atoms with E-state index in [4.69, 9.17) is 9.84 Å². The van der Waals surface area contributed by atoms with Crippen LogP contribution in [0.5, 0.6) is 0 Å². The number of esters is 1. The van der Waals surface area contributed by atoms with Crippen molar-refractivity contribution in [2.24, 2.45) is 0 Å². The molecule has 6 nitrogen and oxygen atoms in total. The fraction of sp³-hybridized carbons (Fsp3) is 0.357. The summed E-state index contributed by atoms with van der Waals surface area (Å²) in [7, 11) is 0. The lowest BCUT2D eigenvalue weighted by molar-refractivity contribution is -0.143. The molecule has 1 rings (SSSR count). The zero-order chi connectivity index (χ0) is 15.0. The molecule has 0 heterocycles. The number of carboxylic acids is 1. The van der Waals surface area contributed by atoms with Crippen molar-refractivity contribution >= 4 is 17.8 Å². The van der Waals surface area contributed by atoms with E-state index >= 15 is 0 Å². The SMILES string of the molecule is CCOC(=O)CCNC(=O)Cc1ccccc1C(=O)O. The molecule has 0 radical (unpaired) electrons. The molecule has 0 aromatic heterocycles. The second-order valence-corrected chi connectivity index (χ2v) is 4.04. The highest BCUT2D eigenvalue weighted by atomic mass is 16.5. The zero-order valence-corrected chi connectivity index (χ0v) is 11.2. The molecule has 0 fully saturated rings. The molecule has 0 aliphatic rings. The number of nitrogens with one attached hydrogen (secondary N) is 1. The molecule has 0 aliphatic heterocycles. The molecule has 0 bridgehead atoms. The van der Waals surface area contributed by atoms with Gasteiger partial charge < -0.3 is 15.2 Å². The summed E-state index contributed by atoms with van der Waals surface area (Å²) in [6, 6.07) is 6.32. The third-order valence-corrected chi connectivity index (χ3v) is 2.56. The second-order valence-electron chi connectivity index (χ2n) is 4.04. The Hall–Kier alpha value is -2.37. The number of carboxylic acid groups (broad SMARTS) is 1. The monoisotopic (exact) mass is 279 g/mol.